The van der Waals surface area contributed by atoms with E-state index in [1.54, 1.807) is 51.2 Å². The van der Waals surface area contributed by atoms with Gasteiger partial charge in [0, 0.05) is 30.7 Å². The van der Waals surface area contributed by atoms with E-state index in [1.807, 2.05) is 12.3 Å². The van der Waals surface area contributed by atoms with Crippen molar-refractivity contribution >= 4 is 27.7 Å². The first kappa shape index (κ1) is 18.3. The van der Waals surface area contributed by atoms with Crippen molar-refractivity contribution in [2.45, 2.75) is 21.9 Å². The molecule has 3 atom stereocenters. The average molecular weight is 405 g/mol. The zero-order valence-corrected chi connectivity index (χ0v) is 16.2. The number of hydrogen-bond donors (Lipinski definition) is 1. The summed E-state index contributed by atoms with van der Waals surface area (Å²) < 4.78 is 29.2. The molecule has 2 aromatic rings. The molecule has 2 fully saturated rings. The zero-order chi connectivity index (χ0) is 19.0. The van der Waals surface area contributed by atoms with Gasteiger partial charge in [0.1, 0.15) is 0 Å². The smallest absolute Gasteiger partial charge is 0.244 e. The van der Waals surface area contributed by atoms with Gasteiger partial charge in [-0.1, -0.05) is 6.58 Å². The first-order valence-electron chi connectivity index (χ1n) is 8.66. The van der Waals surface area contributed by atoms with Crippen LogP contribution in [0.3, 0.4) is 0 Å². The number of thioether (sulfide) groups is 1. The molecule has 1 aromatic carbocycles. The lowest BCUT2D eigenvalue weighted by molar-refractivity contribution is -0.116. The Kier molecular flexibility index (Phi) is 4.83. The Morgan fingerprint density at radius 1 is 1.30 bits per heavy atom. The molecule has 142 valence electrons. The quantitative estimate of drug-likeness (QED) is 0.766. The van der Waals surface area contributed by atoms with Crippen LogP contribution in [0.1, 0.15) is 6.42 Å². The summed E-state index contributed by atoms with van der Waals surface area (Å²) in [6.45, 7) is 4.42. The third kappa shape index (κ3) is 3.54. The molecular formula is C18H20N4O3S2. The van der Waals surface area contributed by atoms with Crippen molar-refractivity contribution in [1.82, 2.24) is 19.4 Å². The molecule has 2 saturated heterocycles. The molecular weight excluding hydrogens is 384 g/mol. The van der Waals surface area contributed by atoms with Crippen LogP contribution >= 0.6 is 11.8 Å². The predicted octanol–water partition coefficient (Wildman–Crippen LogP) is 1.63. The van der Waals surface area contributed by atoms with Crippen molar-refractivity contribution in [2.75, 3.05) is 13.1 Å². The molecule has 0 bridgehead atoms. The molecule has 0 aliphatic carbocycles. The molecule has 3 unspecified atom stereocenters. The van der Waals surface area contributed by atoms with Gasteiger partial charge in [0.2, 0.25) is 15.9 Å². The molecule has 0 saturated carbocycles. The Bertz CT molecular complexity index is 927. The van der Waals surface area contributed by atoms with Gasteiger partial charge in [-0.15, -0.1) is 11.8 Å². The number of amides is 1. The van der Waals surface area contributed by atoms with Crippen LogP contribution in [0.25, 0.3) is 5.69 Å². The van der Waals surface area contributed by atoms with Gasteiger partial charge in [-0.2, -0.15) is 9.40 Å². The minimum absolute atomic E-state index is 0.0312. The average Bonchev–Trinajstić information content (AvgIpc) is 3.38. The van der Waals surface area contributed by atoms with Crippen molar-refractivity contribution in [1.29, 1.82) is 0 Å². The zero-order valence-electron chi connectivity index (χ0n) is 14.6. The van der Waals surface area contributed by atoms with Crippen LogP contribution in [0.5, 0.6) is 0 Å². The van der Waals surface area contributed by atoms with E-state index >= 15 is 0 Å². The fourth-order valence-corrected chi connectivity index (χ4v) is 6.84. The van der Waals surface area contributed by atoms with Crippen molar-refractivity contribution < 1.29 is 13.2 Å². The molecule has 27 heavy (non-hydrogen) atoms. The Hall–Kier alpha value is -2.10. The van der Waals surface area contributed by atoms with Crippen LogP contribution in [-0.4, -0.2) is 52.1 Å². The highest BCUT2D eigenvalue weighted by Crippen LogP contribution is 2.43. The van der Waals surface area contributed by atoms with E-state index in [9.17, 15) is 13.2 Å². The lowest BCUT2D eigenvalue weighted by Gasteiger charge is -2.19. The Morgan fingerprint density at radius 2 is 2.07 bits per heavy atom. The van der Waals surface area contributed by atoms with Crippen molar-refractivity contribution in [3.05, 3.63) is 55.4 Å². The summed E-state index contributed by atoms with van der Waals surface area (Å²) in [5, 5.41) is 7.28. The first-order chi connectivity index (χ1) is 13.0. The molecule has 2 aliphatic heterocycles. The van der Waals surface area contributed by atoms with Gasteiger partial charge < -0.3 is 5.32 Å². The van der Waals surface area contributed by atoms with Gasteiger partial charge in [-0.05, 0) is 48.7 Å². The van der Waals surface area contributed by atoms with Gasteiger partial charge in [0.15, 0.2) is 0 Å². The summed E-state index contributed by atoms with van der Waals surface area (Å²) in [7, 11) is -3.52. The number of hydrogen-bond acceptors (Lipinski definition) is 5. The lowest BCUT2D eigenvalue weighted by Crippen LogP contribution is -2.33. The SMILES string of the molecule is C=CC(=O)NC1CC2CN(S(=O)(=O)c3ccc(-n4cccn4)cc3)CC2S1. The Balaban J connectivity index is 1.44. The summed E-state index contributed by atoms with van der Waals surface area (Å²) in [5.41, 5.74) is 0.814. The van der Waals surface area contributed by atoms with Gasteiger partial charge in [-0.3, -0.25) is 4.79 Å². The maximum atomic E-state index is 13.0. The highest BCUT2D eigenvalue weighted by Gasteiger charge is 2.45. The highest BCUT2D eigenvalue weighted by molar-refractivity contribution is 8.00. The number of benzene rings is 1. The Labute approximate surface area is 162 Å². The number of sulfonamides is 1. The minimum atomic E-state index is -3.52. The van der Waals surface area contributed by atoms with Gasteiger partial charge in [0.25, 0.3) is 0 Å². The van der Waals surface area contributed by atoms with Crippen LogP contribution in [-0.2, 0) is 14.8 Å². The summed E-state index contributed by atoms with van der Waals surface area (Å²) in [6.07, 6.45) is 5.53. The van der Waals surface area contributed by atoms with Crippen molar-refractivity contribution in [3.63, 3.8) is 0 Å². The minimum Gasteiger partial charge on any atom is -0.341 e. The number of fused-ring (bicyclic) bond motifs is 1. The third-order valence-electron chi connectivity index (χ3n) is 4.94. The van der Waals surface area contributed by atoms with Crippen LogP contribution in [0.15, 0.2) is 60.3 Å². The summed E-state index contributed by atoms with van der Waals surface area (Å²) >= 11 is 1.64. The standard InChI is InChI=1S/C18H20N4O3S2/c1-2-17(23)20-18-10-13-11-21(12-16(13)26-18)27(24,25)15-6-4-14(5-7-15)22-9-3-8-19-22/h2-9,13,16,18H,1,10-12H2,(H,20,23). The van der Waals surface area contributed by atoms with Crippen LogP contribution < -0.4 is 5.32 Å². The number of aromatic nitrogens is 2. The molecule has 9 heteroatoms. The second kappa shape index (κ2) is 7.14. The molecule has 4 rings (SSSR count). The van der Waals surface area contributed by atoms with Crippen LogP contribution in [0.4, 0.5) is 0 Å². The molecule has 0 radical (unpaired) electrons. The van der Waals surface area contributed by atoms with E-state index in [0.717, 1.165) is 12.1 Å². The van der Waals surface area contributed by atoms with Gasteiger partial charge in [0.05, 0.1) is 16.0 Å². The highest BCUT2D eigenvalue weighted by atomic mass is 32.2. The van der Waals surface area contributed by atoms with Crippen LogP contribution in [0.2, 0.25) is 0 Å². The lowest BCUT2D eigenvalue weighted by atomic mass is 10.1. The van der Waals surface area contributed by atoms with E-state index < -0.39 is 10.0 Å². The Morgan fingerprint density at radius 3 is 2.70 bits per heavy atom. The van der Waals surface area contributed by atoms with Crippen molar-refractivity contribution in [3.8, 4) is 5.69 Å². The first-order valence-corrected chi connectivity index (χ1v) is 11.0. The van der Waals surface area contributed by atoms with Gasteiger partial charge in [-0.25, -0.2) is 13.1 Å². The molecule has 2 aliphatic rings. The topological polar surface area (TPSA) is 84.3 Å². The maximum Gasteiger partial charge on any atom is 0.244 e. The third-order valence-corrected chi connectivity index (χ3v) is 8.30. The maximum absolute atomic E-state index is 13.0. The second-order valence-electron chi connectivity index (χ2n) is 6.64. The number of carbonyl (C=O) groups is 1. The second-order valence-corrected chi connectivity index (χ2v) is 10.0. The molecule has 0 spiro atoms. The van der Waals surface area contributed by atoms with Gasteiger partial charge >= 0.3 is 0 Å². The number of nitrogens with zero attached hydrogens (tertiary/aromatic N) is 3. The molecule has 7 nitrogen and oxygen atoms in total. The summed E-state index contributed by atoms with van der Waals surface area (Å²) in [4.78, 5) is 11.7. The van der Waals surface area contributed by atoms with E-state index in [0.29, 0.717) is 18.0 Å². The fraction of sp³-hybridized carbons (Fsp3) is 0.333. The molecule has 1 N–H and O–H groups in total. The van der Waals surface area contributed by atoms with E-state index in [2.05, 4.69) is 17.0 Å². The summed E-state index contributed by atoms with van der Waals surface area (Å²) in [6, 6.07) is 8.58. The normalized spacial score (nSPS) is 25.3. The van der Waals surface area contributed by atoms with Crippen molar-refractivity contribution in [2.24, 2.45) is 5.92 Å². The van der Waals surface area contributed by atoms with E-state index in [-0.39, 0.29) is 22.4 Å². The van der Waals surface area contributed by atoms with Crippen LogP contribution in [0, 0.1) is 5.92 Å². The van der Waals surface area contributed by atoms with E-state index in [4.69, 9.17) is 0 Å². The number of rotatable bonds is 5. The largest absolute Gasteiger partial charge is 0.341 e. The predicted molar refractivity (Wildman–Crippen MR) is 104 cm³/mol. The summed E-state index contributed by atoms with van der Waals surface area (Å²) in [5.74, 6) is 0.0671. The van der Waals surface area contributed by atoms with E-state index in [1.165, 1.54) is 6.08 Å². The number of carbonyl (C=O) groups excluding carboxylic acids is 1. The monoisotopic (exact) mass is 404 g/mol. The molecule has 1 amide bonds. The molecule has 1 aromatic heterocycles. The molecule has 3 heterocycles. The number of nitrogens with one attached hydrogen (secondary N) is 1. The fourth-order valence-electron chi connectivity index (χ4n) is 3.57.